The van der Waals surface area contributed by atoms with Gasteiger partial charge in [-0.3, -0.25) is 0 Å². The molecule has 14 heavy (non-hydrogen) atoms. The fourth-order valence-electron chi connectivity index (χ4n) is 1.38. The molecule has 0 spiro atoms. The van der Waals surface area contributed by atoms with Crippen LogP contribution in [-0.2, 0) is 0 Å². The molecule has 3 heteroatoms. The van der Waals surface area contributed by atoms with Crippen LogP contribution in [0.15, 0.2) is 18.2 Å². The van der Waals surface area contributed by atoms with Gasteiger partial charge in [0.2, 0.25) is 0 Å². The van der Waals surface area contributed by atoms with Crippen molar-refractivity contribution in [3.8, 4) is 5.75 Å². The van der Waals surface area contributed by atoms with Crippen LogP contribution >= 0.6 is 0 Å². The molecule has 2 atom stereocenters. The number of para-hydroxylation sites is 1. The fourth-order valence-corrected chi connectivity index (χ4v) is 1.38. The van der Waals surface area contributed by atoms with E-state index < -0.39 is 0 Å². The molecular weight excluding hydrogens is 181 g/mol. The maximum Gasteiger partial charge on any atom is 0.165 e. The van der Waals surface area contributed by atoms with E-state index in [0.717, 1.165) is 5.56 Å². The Bertz CT molecular complexity index is 312. The maximum atomic E-state index is 13.3. The molecule has 0 saturated carbocycles. The minimum atomic E-state index is -0.336. The van der Waals surface area contributed by atoms with Crippen molar-refractivity contribution in [1.82, 2.24) is 0 Å². The van der Waals surface area contributed by atoms with Gasteiger partial charge in [0.05, 0.1) is 7.11 Å². The van der Waals surface area contributed by atoms with Crippen LogP contribution in [0.4, 0.5) is 4.39 Å². The number of hydrogen-bond donors (Lipinski definition) is 1. The van der Waals surface area contributed by atoms with Crippen molar-refractivity contribution in [2.75, 3.05) is 7.11 Å². The second kappa shape index (κ2) is 4.42. The van der Waals surface area contributed by atoms with Gasteiger partial charge in [-0.25, -0.2) is 4.39 Å². The minimum Gasteiger partial charge on any atom is -0.493 e. The second-order valence-corrected chi connectivity index (χ2v) is 3.51. The Kier molecular flexibility index (Phi) is 3.47. The van der Waals surface area contributed by atoms with E-state index in [0.29, 0.717) is 5.75 Å². The summed E-state index contributed by atoms with van der Waals surface area (Å²) < 4.78 is 18.3. The Morgan fingerprint density at radius 3 is 2.50 bits per heavy atom. The molecule has 78 valence electrons. The van der Waals surface area contributed by atoms with Gasteiger partial charge in [-0.05, 0) is 18.9 Å². The highest BCUT2D eigenvalue weighted by atomic mass is 19.1. The van der Waals surface area contributed by atoms with E-state index in [1.54, 1.807) is 6.07 Å². The van der Waals surface area contributed by atoms with Gasteiger partial charge in [-0.15, -0.1) is 0 Å². The van der Waals surface area contributed by atoms with E-state index in [1.807, 2.05) is 19.9 Å². The topological polar surface area (TPSA) is 35.2 Å². The van der Waals surface area contributed by atoms with Crippen LogP contribution in [0, 0.1) is 5.82 Å². The monoisotopic (exact) mass is 197 g/mol. The van der Waals surface area contributed by atoms with Crippen LogP contribution in [-0.4, -0.2) is 13.2 Å². The van der Waals surface area contributed by atoms with Crippen molar-refractivity contribution in [1.29, 1.82) is 0 Å². The van der Waals surface area contributed by atoms with Crippen molar-refractivity contribution in [3.63, 3.8) is 0 Å². The van der Waals surface area contributed by atoms with Gasteiger partial charge in [0, 0.05) is 11.6 Å². The number of benzene rings is 1. The molecule has 0 bridgehead atoms. The number of methoxy groups -OCH3 is 1. The summed E-state index contributed by atoms with van der Waals surface area (Å²) in [5.74, 6) is 0.0513. The van der Waals surface area contributed by atoms with E-state index >= 15 is 0 Å². The van der Waals surface area contributed by atoms with E-state index in [-0.39, 0.29) is 17.8 Å². The standard InChI is InChI=1S/C11H16FNO/c1-7(8(2)13)9-5-4-6-10(12)11(9)14-3/h4-8H,13H2,1-3H3. The summed E-state index contributed by atoms with van der Waals surface area (Å²) in [6.07, 6.45) is 0. The molecule has 0 fully saturated rings. The predicted molar refractivity (Wildman–Crippen MR) is 55.0 cm³/mol. The molecule has 0 aliphatic rings. The highest BCUT2D eigenvalue weighted by Crippen LogP contribution is 2.30. The minimum absolute atomic E-state index is 0.0225. The fraction of sp³-hybridized carbons (Fsp3) is 0.455. The van der Waals surface area contributed by atoms with Gasteiger partial charge in [0.1, 0.15) is 0 Å². The normalized spacial score (nSPS) is 14.9. The van der Waals surface area contributed by atoms with Crippen LogP contribution in [0.3, 0.4) is 0 Å². The molecule has 1 aromatic carbocycles. The van der Waals surface area contributed by atoms with Crippen molar-refractivity contribution in [2.45, 2.75) is 25.8 Å². The van der Waals surface area contributed by atoms with E-state index in [9.17, 15) is 4.39 Å². The van der Waals surface area contributed by atoms with E-state index in [2.05, 4.69) is 0 Å². The van der Waals surface area contributed by atoms with Gasteiger partial charge in [0.15, 0.2) is 11.6 Å². The average molecular weight is 197 g/mol. The molecule has 1 aromatic rings. The highest BCUT2D eigenvalue weighted by Gasteiger charge is 2.17. The number of halogens is 1. The maximum absolute atomic E-state index is 13.3. The number of ether oxygens (including phenoxy) is 1. The summed E-state index contributed by atoms with van der Waals surface area (Å²) in [5.41, 5.74) is 6.59. The van der Waals surface area contributed by atoms with Gasteiger partial charge in [0.25, 0.3) is 0 Å². The third-order valence-electron chi connectivity index (χ3n) is 2.48. The van der Waals surface area contributed by atoms with Crippen molar-refractivity contribution >= 4 is 0 Å². The number of hydrogen-bond acceptors (Lipinski definition) is 2. The van der Waals surface area contributed by atoms with Crippen LogP contribution in [0.5, 0.6) is 5.75 Å². The molecule has 2 N–H and O–H groups in total. The number of rotatable bonds is 3. The van der Waals surface area contributed by atoms with Crippen molar-refractivity contribution in [2.24, 2.45) is 5.73 Å². The van der Waals surface area contributed by atoms with Crippen LogP contribution in [0.1, 0.15) is 25.3 Å². The summed E-state index contributed by atoms with van der Waals surface area (Å²) in [6.45, 7) is 3.86. The van der Waals surface area contributed by atoms with Gasteiger partial charge in [-0.1, -0.05) is 19.1 Å². The zero-order valence-electron chi connectivity index (χ0n) is 8.75. The van der Waals surface area contributed by atoms with Crippen LogP contribution in [0.25, 0.3) is 0 Å². The molecule has 0 heterocycles. The zero-order valence-corrected chi connectivity index (χ0v) is 8.75. The summed E-state index contributed by atoms with van der Waals surface area (Å²) in [7, 11) is 1.47. The van der Waals surface area contributed by atoms with Crippen molar-refractivity contribution < 1.29 is 9.13 Å². The van der Waals surface area contributed by atoms with Gasteiger partial charge >= 0.3 is 0 Å². The number of nitrogens with two attached hydrogens (primary N) is 1. The highest BCUT2D eigenvalue weighted by molar-refractivity contribution is 5.38. The van der Waals surface area contributed by atoms with Crippen molar-refractivity contribution in [3.05, 3.63) is 29.6 Å². The molecular formula is C11H16FNO. The lowest BCUT2D eigenvalue weighted by Gasteiger charge is -2.18. The quantitative estimate of drug-likeness (QED) is 0.806. The predicted octanol–water partition coefficient (Wildman–Crippen LogP) is 2.29. The molecule has 0 aromatic heterocycles. The lowest BCUT2D eigenvalue weighted by molar-refractivity contribution is 0.376. The largest absolute Gasteiger partial charge is 0.493 e. The first-order valence-corrected chi connectivity index (χ1v) is 4.66. The molecule has 2 nitrogen and oxygen atoms in total. The molecule has 1 rings (SSSR count). The Morgan fingerprint density at radius 2 is 2.00 bits per heavy atom. The summed E-state index contributed by atoms with van der Waals surface area (Å²) in [5, 5.41) is 0. The van der Waals surface area contributed by atoms with E-state index in [1.165, 1.54) is 13.2 Å². The third kappa shape index (κ3) is 2.04. The van der Waals surface area contributed by atoms with E-state index in [4.69, 9.17) is 10.5 Å². The third-order valence-corrected chi connectivity index (χ3v) is 2.48. The molecule has 0 saturated heterocycles. The Hall–Kier alpha value is -1.09. The van der Waals surface area contributed by atoms with Gasteiger partial charge in [-0.2, -0.15) is 0 Å². The molecule has 0 aliphatic heterocycles. The average Bonchev–Trinajstić information content (AvgIpc) is 2.16. The van der Waals surface area contributed by atoms with Crippen LogP contribution < -0.4 is 10.5 Å². The first-order chi connectivity index (χ1) is 6.57. The van der Waals surface area contributed by atoms with Gasteiger partial charge < -0.3 is 10.5 Å². The summed E-state index contributed by atoms with van der Waals surface area (Å²) in [4.78, 5) is 0. The second-order valence-electron chi connectivity index (χ2n) is 3.51. The molecule has 0 amide bonds. The zero-order chi connectivity index (χ0) is 10.7. The smallest absolute Gasteiger partial charge is 0.165 e. The Balaban J connectivity index is 3.13. The Morgan fingerprint density at radius 1 is 1.36 bits per heavy atom. The lowest BCUT2D eigenvalue weighted by Crippen LogP contribution is -2.23. The Labute approximate surface area is 83.9 Å². The summed E-state index contributed by atoms with van der Waals surface area (Å²) >= 11 is 0. The molecule has 0 aliphatic carbocycles. The first kappa shape index (κ1) is 11.0. The van der Waals surface area contributed by atoms with Crippen LogP contribution in [0.2, 0.25) is 0 Å². The lowest BCUT2D eigenvalue weighted by atomic mass is 9.94. The molecule has 2 unspecified atom stereocenters. The SMILES string of the molecule is COc1c(F)cccc1C(C)C(C)N. The molecule has 0 radical (unpaired) electrons. The first-order valence-electron chi connectivity index (χ1n) is 4.66. The summed E-state index contributed by atoms with van der Waals surface area (Å²) in [6, 6.07) is 4.88.